The highest BCUT2D eigenvalue weighted by molar-refractivity contribution is 5.47. The molecule has 0 fully saturated rings. The maximum Gasteiger partial charge on any atom is 0.161 e. The van der Waals surface area contributed by atoms with Crippen LogP contribution in [0.4, 0.5) is 0 Å². The van der Waals surface area contributed by atoms with E-state index in [2.05, 4.69) is 40.3 Å². The van der Waals surface area contributed by atoms with Crippen molar-refractivity contribution < 1.29 is 0 Å². The van der Waals surface area contributed by atoms with E-state index >= 15 is 0 Å². The fourth-order valence-corrected chi connectivity index (χ4v) is 2.40. The van der Waals surface area contributed by atoms with Crippen molar-refractivity contribution in [3.8, 4) is 11.5 Å². The van der Waals surface area contributed by atoms with Crippen LogP contribution < -0.4 is 0 Å². The van der Waals surface area contributed by atoms with Crippen molar-refractivity contribution in [2.75, 3.05) is 0 Å². The van der Waals surface area contributed by atoms with E-state index in [-0.39, 0.29) is 6.04 Å². The first-order valence-corrected chi connectivity index (χ1v) is 6.95. The van der Waals surface area contributed by atoms with Gasteiger partial charge in [0.1, 0.15) is 5.69 Å². The van der Waals surface area contributed by atoms with Crippen LogP contribution in [0.15, 0.2) is 24.7 Å². The Balaban J connectivity index is 1.80. The van der Waals surface area contributed by atoms with Crippen molar-refractivity contribution in [1.29, 1.82) is 0 Å². The Bertz CT molecular complexity index is 749. The van der Waals surface area contributed by atoms with E-state index in [0.717, 1.165) is 29.5 Å². The maximum atomic E-state index is 4.49. The molecule has 3 heterocycles. The summed E-state index contributed by atoms with van der Waals surface area (Å²) in [7, 11) is 1.95. The van der Waals surface area contributed by atoms with E-state index < -0.39 is 0 Å². The molecular formula is C14H19N7. The molecule has 21 heavy (non-hydrogen) atoms. The molecule has 1 atom stereocenters. The predicted molar refractivity (Wildman–Crippen MR) is 78.6 cm³/mol. The highest BCUT2D eigenvalue weighted by atomic mass is 15.4. The Kier molecular flexibility index (Phi) is 3.32. The van der Waals surface area contributed by atoms with Gasteiger partial charge in [0, 0.05) is 25.1 Å². The molecule has 0 aliphatic rings. The zero-order valence-corrected chi connectivity index (χ0v) is 12.7. The molecule has 3 rings (SSSR count). The molecule has 0 N–H and O–H groups in total. The van der Waals surface area contributed by atoms with Crippen LogP contribution in [0.1, 0.15) is 24.4 Å². The minimum Gasteiger partial charge on any atom is -0.333 e. The van der Waals surface area contributed by atoms with Crippen molar-refractivity contribution in [2.24, 2.45) is 7.05 Å². The number of rotatable bonds is 4. The monoisotopic (exact) mass is 285 g/mol. The number of hydrogen-bond acceptors (Lipinski definition) is 4. The van der Waals surface area contributed by atoms with Gasteiger partial charge in [-0.1, -0.05) is 5.21 Å². The standard InChI is InChI=1S/C14H19N7/c1-10-7-11(2)20(17-10)8-12(3)21-9-13(16-18-21)14-15-5-6-19(14)4/h5-7,9,12H,8H2,1-4H3/t12-/m0/s1. The second kappa shape index (κ2) is 5.16. The van der Waals surface area contributed by atoms with Crippen molar-refractivity contribution in [3.05, 3.63) is 36.0 Å². The van der Waals surface area contributed by atoms with Crippen LogP contribution in [0, 0.1) is 13.8 Å². The predicted octanol–water partition coefficient (Wildman–Crippen LogP) is 1.75. The number of aryl methyl sites for hydroxylation is 3. The molecule has 3 aromatic heterocycles. The molecule has 0 amide bonds. The highest BCUT2D eigenvalue weighted by Crippen LogP contribution is 2.16. The summed E-state index contributed by atoms with van der Waals surface area (Å²) in [6, 6.07) is 2.25. The molecule has 0 aromatic carbocycles. The van der Waals surface area contributed by atoms with E-state index in [4.69, 9.17) is 0 Å². The number of nitrogens with zero attached hydrogens (tertiary/aromatic N) is 7. The first kappa shape index (κ1) is 13.5. The van der Waals surface area contributed by atoms with E-state index in [1.807, 2.05) is 40.3 Å². The molecule has 7 heteroatoms. The van der Waals surface area contributed by atoms with Crippen molar-refractivity contribution in [1.82, 2.24) is 34.3 Å². The normalized spacial score (nSPS) is 12.8. The van der Waals surface area contributed by atoms with Crippen molar-refractivity contribution in [2.45, 2.75) is 33.4 Å². The smallest absolute Gasteiger partial charge is 0.161 e. The van der Waals surface area contributed by atoms with Gasteiger partial charge >= 0.3 is 0 Å². The lowest BCUT2D eigenvalue weighted by Gasteiger charge is -2.12. The summed E-state index contributed by atoms with van der Waals surface area (Å²) in [5.74, 6) is 0.819. The van der Waals surface area contributed by atoms with Gasteiger partial charge in [-0.05, 0) is 26.8 Å². The second-order valence-corrected chi connectivity index (χ2v) is 5.40. The van der Waals surface area contributed by atoms with Gasteiger partial charge in [-0.2, -0.15) is 5.10 Å². The number of hydrogen-bond donors (Lipinski definition) is 0. The molecule has 0 bridgehead atoms. The molecule has 0 aliphatic carbocycles. The molecule has 0 saturated carbocycles. The average molecular weight is 285 g/mol. The minimum atomic E-state index is 0.171. The Morgan fingerprint density at radius 3 is 2.71 bits per heavy atom. The molecule has 110 valence electrons. The lowest BCUT2D eigenvalue weighted by atomic mass is 10.3. The Morgan fingerprint density at radius 1 is 1.29 bits per heavy atom. The average Bonchev–Trinajstić information content (AvgIpc) is 3.11. The lowest BCUT2D eigenvalue weighted by molar-refractivity contribution is 0.392. The summed E-state index contributed by atoms with van der Waals surface area (Å²) in [6.45, 7) is 6.94. The van der Waals surface area contributed by atoms with Gasteiger partial charge in [0.15, 0.2) is 5.82 Å². The van der Waals surface area contributed by atoms with Gasteiger partial charge in [-0.25, -0.2) is 9.67 Å². The fourth-order valence-electron chi connectivity index (χ4n) is 2.40. The van der Waals surface area contributed by atoms with Crippen LogP contribution in [-0.4, -0.2) is 34.3 Å². The molecule has 0 radical (unpaired) electrons. The topological polar surface area (TPSA) is 66.3 Å². The molecule has 0 unspecified atom stereocenters. The van der Waals surface area contributed by atoms with Gasteiger partial charge in [0.25, 0.3) is 0 Å². The Labute approximate surface area is 123 Å². The van der Waals surface area contributed by atoms with Crippen molar-refractivity contribution >= 4 is 0 Å². The molecule has 0 saturated heterocycles. The largest absolute Gasteiger partial charge is 0.333 e. The van der Waals surface area contributed by atoms with E-state index in [1.165, 1.54) is 0 Å². The summed E-state index contributed by atoms with van der Waals surface area (Å²) >= 11 is 0. The van der Waals surface area contributed by atoms with Crippen molar-refractivity contribution in [3.63, 3.8) is 0 Å². The third-order valence-electron chi connectivity index (χ3n) is 3.55. The van der Waals surface area contributed by atoms with Crippen LogP contribution in [-0.2, 0) is 13.6 Å². The molecule has 3 aromatic rings. The number of imidazole rings is 1. The van der Waals surface area contributed by atoms with E-state index in [9.17, 15) is 0 Å². The minimum absolute atomic E-state index is 0.171. The van der Waals surface area contributed by atoms with Crippen LogP contribution >= 0.6 is 0 Å². The number of aromatic nitrogens is 7. The van der Waals surface area contributed by atoms with Crippen LogP contribution in [0.2, 0.25) is 0 Å². The second-order valence-electron chi connectivity index (χ2n) is 5.40. The SMILES string of the molecule is Cc1cc(C)n(C[C@H](C)n2cc(-c3nccn3C)nn2)n1. The first-order valence-electron chi connectivity index (χ1n) is 6.95. The van der Waals surface area contributed by atoms with Gasteiger partial charge < -0.3 is 4.57 Å². The fraction of sp³-hybridized carbons (Fsp3) is 0.429. The summed E-state index contributed by atoms with van der Waals surface area (Å²) in [5.41, 5.74) is 2.97. The van der Waals surface area contributed by atoms with Crippen LogP contribution in [0.5, 0.6) is 0 Å². The summed E-state index contributed by atoms with van der Waals surface area (Å²) < 4.78 is 5.79. The lowest BCUT2D eigenvalue weighted by Crippen LogP contribution is -2.15. The third-order valence-corrected chi connectivity index (χ3v) is 3.55. The Morgan fingerprint density at radius 2 is 2.10 bits per heavy atom. The van der Waals surface area contributed by atoms with Gasteiger partial charge in [-0.3, -0.25) is 4.68 Å². The molecule has 7 nitrogen and oxygen atoms in total. The maximum absolute atomic E-state index is 4.49. The summed E-state index contributed by atoms with van der Waals surface area (Å²) in [5, 5.41) is 12.9. The van der Waals surface area contributed by atoms with E-state index in [1.54, 1.807) is 6.20 Å². The highest BCUT2D eigenvalue weighted by Gasteiger charge is 2.13. The van der Waals surface area contributed by atoms with E-state index in [0.29, 0.717) is 0 Å². The molecule has 0 aliphatic heterocycles. The third kappa shape index (κ3) is 2.58. The van der Waals surface area contributed by atoms with Gasteiger partial charge in [0.2, 0.25) is 0 Å². The quantitative estimate of drug-likeness (QED) is 0.732. The Hall–Kier alpha value is -2.44. The summed E-state index contributed by atoms with van der Waals surface area (Å²) in [4.78, 5) is 4.29. The zero-order valence-electron chi connectivity index (χ0n) is 12.7. The molecular weight excluding hydrogens is 266 g/mol. The zero-order chi connectivity index (χ0) is 15.0. The van der Waals surface area contributed by atoms with Gasteiger partial charge in [0.05, 0.1) is 24.5 Å². The van der Waals surface area contributed by atoms with Crippen LogP contribution in [0.25, 0.3) is 11.5 Å². The van der Waals surface area contributed by atoms with Crippen LogP contribution in [0.3, 0.4) is 0 Å². The van der Waals surface area contributed by atoms with Gasteiger partial charge in [-0.15, -0.1) is 5.10 Å². The first-order chi connectivity index (χ1) is 10.0. The molecule has 0 spiro atoms. The summed E-state index contributed by atoms with van der Waals surface area (Å²) in [6.07, 6.45) is 5.58.